The molecule has 2 rings (SSSR count). The molecule has 0 saturated carbocycles. The van der Waals surface area contributed by atoms with E-state index >= 15 is 0 Å². The summed E-state index contributed by atoms with van der Waals surface area (Å²) in [4.78, 5) is 2.52. The van der Waals surface area contributed by atoms with Gasteiger partial charge in [0.2, 0.25) is 0 Å². The highest BCUT2D eigenvalue weighted by molar-refractivity contribution is 9.10. The van der Waals surface area contributed by atoms with Crippen molar-refractivity contribution in [3.8, 4) is 0 Å². The SMILES string of the molecule is CC1CCCN(CCC(O)c2ccccc2Br)C1C. The lowest BCUT2D eigenvalue weighted by Gasteiger charge is -2.38. The van der Waals surface area contributed by atoms with Gasteiger partial charge < -0.3 is 10.0 Å². The number of hydrogen-bond acceptors (Lipinski definition) is 2. The summed E-state index contributed by atoms with van der Waals surface area (Å²) in [6.07, 6.45) is 3.06. The van der Waals surface area contributed by atoms with Crippen LogP contribution in [0.5, 0.6) is 0 Å². The van der Waals surface area contributed by atoms with Gasteiger partial charge in [-0.05, 0) is 50.3 Å². The minimum atomic E-state index is -0.375. The number of aliphatic hydroxyl groups is 1. The molecule has 3 unspecified atom stereocenters. The highest BCUT2D eigenvalue weighted by Crippen LogP contribution is 2.27. The molecule has 19 heavy (non-hydrogen) atoms. The number of likely N-dealkylation sites (tertiary alicyclic amines) is 1. The predicted molar refractivity (Wildman–Crippen MR) is 83.2 cm³/mol. The molecule has 0 aromatic heterocycles. The van der Waals surface area contributed by atoms with E-state index in [1.807, 2.05) is 24.3 Å². The van der Waals surface area contributed by atoms with E-state index in [4.69, 9.17) is 0 Å². The molecule has 1 aromatic rings. The van der Waals surface area contributed by atoms with E-state index < -0.39 is 0 Å². The second kappa shape index (κ2) is 6.87. The topological polar surface area (TPSA) is 23.5 Å². The Morgan fingerprint density at radius 2 is 2.11 bits per heavy atom. The molecular weight excluding hydrogens is 302 g/mol. The number of rotatable bonds is 4. The maximum Gasteiger partial charge on any atom is 0.0813 e. The van der Waals surface area contributed by atoms with Crippen LogP contribution in [0.1, 0.15) is 44.8 Å². The first kappa shape index (κ1) is 15.0. The van der Waals surface area contributed by atoms with Crippen molar-refractivity contribution in [2.45, 2.75) is 45.3 Å². The lowest BCUT2D eigenvalue weighted by atomic mass is 9.91. The van der Waals surface area contributed by atoms with Gasteiger partial charge in [-0.25, -0.2) is 0 Å². The first-order chi connectivity index (χ1) is 9.09. The number of halogens is 1. The molecule has 0 bridgehead atoms. The summed E-state index contributed by atoms with van der Waals surface area (Å²) in [5.74, 6) is 0.773. The van der Waals surface area contributed by atoms with Crippen molar-refractivity contribution in [1.82, 2.24) is 4.90 Å². The van der Waals surface area contributed by atoms with Gasteiger partial charge in [-0.1, -0.05) is 41.1 Å². The molecule has 1 fully saturated rings. The third-order valence-electron chi connectivity index (χ3n) is 4.46. The van der Waals surface area contributed by atoms with Crippen LogP contribution in [-0.4, -0.2) is 29.1 Å². The number of piperidine rings is 1. The van der Waals surface area contributed by atoms with Gasteiger partial charge in [-0.3, -0.25) is 0 Å². The Kier molecular flexibility index (Phi) is 5.43. The van der Waals surface area contributed by atoms with Crippen molar-refractivity contribution in [2.75, 3.05) is 13.1 Å². The summed E-state index contributed by atoms with van der Waals surface area (Å²) in [6.45, 7) is 6.80. The second-order valence-electron chi connectivity index (χ2n) is 5.72. The van der Waals surface area contributed by atoms with Crippen molar-refractivity contribution in [3.63, 3.8) is 0 Å². The lowest BCUT2D eigenvalue weighted by Crippen LogP contribution is -2.43. The van der Waals surface area contributed by atoms with Gasteiger partial charge in [0.15, 0.2) is 0 Å². The van der Waals surface area contributed by atoms with E-state index in [0.29, 0.717) is 6.04 Å². The maximum atomic E-state index is 10.3. The van der Waals surface area contributed by atoms with E-state index in [2.05, 4.69) is 34.7 Å². The lowest BCUT2D eigenvalue weighted by molar-refractivity contribution is 0.0838. The maximum absolute atomic E-state index is 10.3. The Morgan fingerprint density at radius 1 is 1.37 bits per heavy atom. The van der Waals surface area contributed by atoms with Crippen LogP contribution in [0.15, 0.2) is 28.7 Å². The fourth-order valence-electron chi connectivity index (χ4n) is 2.93. The Balaban J connectivity index is 1.90. The van der Waals surface area contributed by atoms with Crippen LogP contribution in [0.4, 0.5) is 0 Å². The standard InChI is InChI=1S/C16H24BrNO/c1-12-6-5-10-18(13(12)2)11-9-16(19)14-7-3-4-8-15(14)17/h3-4,7-8,12-13,16,19H,5-6,9-11H2,1-2H3. The molecule has 1 saturated heterocycles. The summed E-state index contributed by atoms with van der Waals surface area (Å²) in [7, 11) is 0. The van der Waals surface area contributed by atoms with Crippen LogP contribution >= 0.6 is 15.9 Å². The third kappa shape index (κ3) is 3.80. The van der Waals surface area contributed by atoms with Crippen molar-refractivity contribution in [2.24, 2.45) is 5.92 Å². The first-order valence-corrected chi connectivity index (χ1v) is 8.05. The Hall–Kier alpha value is -0.380. The molecule has 2 nitrogen and oxygen atoms in total. The average Bonchev–Trinajstić information content (AvgIpc) is 2.40. The molecule has 1 aliphatic rings. The van der Waals surface area contributed by atoms with E-state index in [9.17, 15) is 5.11 Å². The normalized spacial score (nSPS) is 26.3. The smallest absolute Gasteiger partial charge is 0.0813 e. The zero-order chi connectivity index (χ0) is 13.8. The van der Waals surface area contributed by atoms with Gasteiger partial charge in [0.25, 0.3) is 0 Å². The summed E-state index contributed by atoms with van der Waals surface area (Å²) in [5, 5.41) is 10.3. The predicted octanol–water partition coefficient (Wildman–Crippen LogP) is 3.99. The van der Waals surface area contributed by atoms with Gasteiger partial charge in [0.05, 0.1) is 6.10 Å². The third-order valence-corrected chi connectivity index (χ3v) is 5.18. The van der Waals surface area contributed by atoms with Gasteiger partial charge in [-0.15, -0.1) is 0 Å². The van der Waals surface area contributed by atoms with Crippen LogP contribution in [0.3, 0.4) is 0 Å². The molecule has 0 aliphatic carbocycles. The number of nitrogens with zero attached hydrogens (tertiary/aromatic N) is 1. The fourth-order valence-corrected chi connectivity index (χ4v) is 3.47. The van der Waals surface area contributed by atoms with Gasteiger partial charge >= 0.3 is 0 Å². The minimum absolute atomic E-state index is 0.375. The Morgan fingerprint density at radius 3 is 2.84 bits per heavy atom. The van der Waals surface area contributed by atoms with Crippen molar-refractivity contribution in [3.05, 3.63) is 34.3 Å². The summed E-state index contributed by atoms with van der Waals surface area (Å²) >= 11 is 3.51. The summed E-state index contributed by atoms with van der Waals surface area (Å²) < 4.78 is 1.00. The zero-order valence-corrected chi connectivity index (χ0v) is 13.4. The van der Waals surface area contributed by atoms with E-state index in [1.165, 1.54) is 19.4 Å². The van der Waals surface area contributed by atoms with E-state index in [-0.39, 0.29) is 6.10 Å². The second-order valence-corrected chi connectivity index (χ2v) is 6.58. The largest absolute Gasteiger partial charge is 0.388 e. The van der Waals surface area contributed by atoms with E-state index in [1.54, 1.807) is 0 Å². The highest BCUT2D eigenvalue weighted by Gasteiger charge is 2.25. The van der Waals surface area contributed by atoms with Crippen LogP contribution in [-0.2, 0) is 0 Å². The molecule has 1 aliphatic heterocycles. The molecular formula is C16H24BrNO. The van der Waals surface area contributed by atoms with Crippen molar-refractivity contribution < 1.29 is 5.11 Å². The molecule has 0 amide bonds. The van der Waals surface area contributed by atoms with Crippen LogP contribution in [0.2, 0.25) is 0 Å². The van der Waals surface area contributed by atoms with Crippen molar-refractivity contribution >= 4 is 15.9 Å². The number of aliphatic hydroxyl groups excluding tert-OH is 1. The fraction of sp³-hybridized carbons (Fsp3) is 0.625. The Labute approximate surface area is 124 Å². The van der Waals surface area contributed by atoms with Crippen LogP contribution in [0, 0.1) is 5.92 Å². The van der Waals surface area contributed by atoms with Gasteiger partial charge in [0, 0.05) is 17.1 Å². The first-order valence-electron chi connectivity index (χ1n) is 7.26. The monoisotopic (exact) mass is 325 g/mol. The number of hydrogen-bond donors (Lipinski definition) is 1. The van der Waals surface area contributed by atoms with Gasteiger partial charge in [0.1, 0.15) is 0 Å². The van der Waals surface area contributed by atoms with Crippen LogP contribution in [0.25, 0.3) is 0 Å². The highest BCUT2D eigenvalue weighted by atomic mass is 79.9. The van der Waals surface area contributed by atoms with Gasteiger partial charge in [-0.2, -0.15) is 0 Å². The quantitative estimate of drug-likeness (QED) is 0.904. The zero-order valence-electron chi connectivity index (χ0n) is 11.8. The number of benzene rings is 1. The van der Waals surface area contributed by atoms with Crippen LogP contribution < -0.4 is 0 Å². The molecule has 0 radical (unpaired) electrons. The Bertz CT molecular complexity index is 409. The van der Waals surface area contributed by atoms with E-state index in [0.717, 1.165) is 28.9 Å². The molecule has 1 heterocycles. The van der Waals surface area contributed by atoms with Crippen molar-refractivity contribution in [1.29, 1.82) is 0 Å². The summed E-state index contributed by atoms with van der Waals surface area (Å²) in [6, 6.07) is 8.59. The molecule has 1 N–H and O–H groups in total. The average molecular weight is 326 g/mol. The molecule has 106 valence electrons. The molecule has 0 spiro atoms. The molecule has 3 atom stereocenters. The molecule has 1 aromatic carbocycles. The minimum Gasteiger partial charge on any atom is -0.388 e. The summed E-state index contributed by atoms with van der Waals surface area (Å²) in [5.41, 5.74) is 1.00. The molecule has 3 heteroatoms.